The van der Waals surface area contributed by atoms with Gasteiger partial charge in [-0.15, -0.1) is 0 Å². The third-order valence-corrected chi connectivity index (χ3v) is 6.29. The second-order valence-electron chi connectivity index (χ2n) is 8.37. The van der Waals surface area contributed by atoms with E-state index in [0.717, 1.165) is 16.4 Å². The highest BCUT2D eigenvalue weighted by Crippen LogP contribution is 2.38. The first-order valence-corrected chi connectivity index (χ1v) is 11.1. The van der Waals surface area contributed by atoms with Crippen LogP contribution in [0.3, 0.4) is 0 Å². The first-order chi connectivity index (χ1) is 16.6. The lowest BCUT2D eigenvalue weighted by atomic mass is 10.1. The fraction of sp³-hybridized carbons (Fsp3) is 0.231. The maximum Gasteiger partial charge on any atom is 0.229 e. The summed E-state index contributed by atoms with van der Waals surface area (Å²) in [5.41, 5.74) is 2.60. The molecule has 172 valence electrons. The van der Waals surface area contributed by atoms with E-state index in [1.807, 2.05) is 36.4 Å². The average Bonchev–Trinajstić information content (AvgIpc) is 3.43. The van der Waals surface area contributed by atoms with Gasteiger partial charge in [0.15, 0.2) is 11.5 Å². The van der Waals surface area contributed by atoms with E-state index in [9.17, 15) is 9.59 Å². The summed E-state index contributed by atoms with van der Waals surface area (Å²) in [5, 5.41) is 4.82. The summed E-state index contributed by atoms with van der Waals surface area (Å²) in [6, 6.07) is 16.7. The van der Waals surface area contributed by atoms with Gasteiger partial charge in [-0.1, -0.05) is 18.2 Å². The summed E-state index contributed by atoms with van der Waals surface area (Å²) in [4.78, 5) is 27.5. The summed E-state index contributed by atoms with van der Waals surface area (Å²) in [5.74, 6) is 0.924. The molecule has 1 atom stereocenters. The molecule has 1 saturated heterocycles. The van der Waals surface area contributed by atoms with E-state index < -0.39 is 5.92 Å². The minimum Gasteiger partial charge on any atom is -0.495 e. The predicted octanol–water partition coefficient (Wildman–Crippen LogP) is 4.36. The van der Waals surface area contributed by atoms with Crippen LogP contribution in [-0.4, -0.2) is 38.7 Å². The zero-order valence-corrected chi connectivity index (χ0v) is 18.5. The van der Waals surface area contributed by atoms with Crippen LogP contribution in [0.25, 0.3) is 21.9 Å². The van der Waals surface area contributed by atoms with Gasteiger partial charge in [-0.2, -0.15) is 0 Å². The quantitative estimate of drug-likeness (QED) is 0.489. The Balaban J connectivity index is 1.24. The number of fused-ring (bicyclic) bond motifs is 4. The molecule has 1 aromatic heterocycles. The van der Waals surface area contributed by atoms with Gasteiger partial charge in [0.1, 0.15) is 30.1 Å². The lowest BCUT2D eigenvalue weighted by molar-refractivity contribution is -0.122. The molecule has 8 nitrogen and oxygen atoms in total. The van der Waals surface area contributed by atoms with Gasteiger partial charge in [0.25, 0.3) is 0 Å². The van der Waals surface area contributed by atoms with Gasteiger partial charge in [0.05, 0.1) is 18.7 Å². The Morgan fingerprint density at radius 3 is 2.68 bits per heavy atom. The molecule has 2 amide bonds. The van der Waals surface area contributed by atoms with E-state index in [1.165, 1.54) is 0 Å². The number of ether oxygens (including phenoxy) is 3. The Kier molecular flexibility index (Phi) is 4.79. The molecule has 8 heteroatoms. The van der Waals surface area contributed by atoms with Crippen molar-refractivity contribution in [3.8, 4) is 17.2 Å². The SMILES string of the molecule is COc1cc2c(cc1NC(=O)[C@H]1CC(=O)N(c3ccc4c(c3)OCCO4)C1)oc1ccccc12. The lowest BCUT2D eigenvalue weighted by Crippen LogP contribution is -2.28. The molecule has 3 aromatic carbocycles. The van der Waals surface area contributed by atoms with Crippen molar-refractivity contribution < 1.29 is 28.2 Å². The average molecular weight is 458 g/mol. The Bertz CT molecular complexity index is 1440. The Morgan fingerprint density at radius 2 is 1.82 bits per heavy atom. The second kappa shape index (κ2) is 7.98. The lowest BCUT2D eigenvalue weighted by Gasteiger charge is -2.22. The number of furan rings is 1. The summed E-state index contributed by atoms with van der Waals surface area (Å²) in [6.07, 6.45) is 0.121. The zero-order chi connectivity index (χ0) is 23.2. The molecule has 34 heavy (non-hydrogen) atoms. The fourth-order valence-corrected chi connectivity index (χ4v) is 4.59. The van der Waals surface area contributed by atoms with Crippen LogP contribution in [0.4, 0.5) is 11.4 Å². The normalized spacial score (nSPS) is 17.4. The summed E-state index contributed by atoms with van der Waals surface area (Å²) in [7, 11) is 1.56. The monoisotopic (exact) mass is 458 g/mol. The van der Waals surface area contributed by atoms with Gasteiger partial charge in [-0.05, 0) is 24.3 Å². The molecule has 2 aliphatic heterocycles. The van der Waals surface area contributed by atoms with Crippen LogP contribution in [0.2, 0.25) is 0 Å². The highest BCUT2D eigenvalue weighted by molar-refractivity contribution is 6.09. The van der Waals surface area contributed by atoms with Crippen molar-refractivity contribution in [3.05, 3.63) is 54.6 Å². The number of nitrogens with zero attached hydrogens (tertiary/aromatic N) is 1. The number of benzene rings is 3. The topological polar surface area (TPSA) is 90.2 Å². The number of methoxy groups -OCH3 is 1. The highest BCUT2D eigenvalue weighted by atomic mass is 16.6. The van der Waals surface area contributed by atoms with Crippen molar-refractivity contribution in [2.75, 3.05) is 37.1 Å². The van der Waals surface area contributed by atoms with Gasteiger partial charge in [0, 0.05) is 41.6 Å². The molecule has 0 spiro atoms. The van der Waals surface area contributed by atoms with Crippen LogP contribution in [-0.2, 0) is 9.59 Å². The summed E-state index contributed by atoms with van der Waals surface area (Å²) < 4.78 is 22.7. The van der Waals surface area contributed by atoms with E-state index in [2.05, 4.69) is 5.32 Å². The molecule has 4 aromatic rings. The molecule has 0 radical (unpaired) electrons. The van der Waals surface area contributed by atoms with Gasteiger partial charge in [-0.25, -0.2) is 0 Å². The molecule has 1 N–H and O–H groups in total. The molecule has 0 bridgehead atoms. The number of carbonyl (C=O) groups excluding carboxylic acids is 2. The number of hydrogen-bond donors (Lipinski definition) is 1. The third-order valence-electron chi connectivity index (χ3n) is 6.29. The van der Waals surface area contributed by atoms with Crippen molar-refractivity contribution in [2.24, 2.45) is 5.92 Å². The number of rotatable bonds is 4. The molecule has 2 aliphatic rings. The van der Waals surface area contributed by atoms with Crippen molar-refractivity contribution in [1.82, 2.24) is 0 Å². The minimum atomic E-state index is -0.503. The van der Waals surface area contributed by atoms with E-state index in [0.29, 0.717) is 47.4 Å². The van der Waals surface area contributed by atoms with E-state index in [4.69, 9.17) is 18.6 Å². The van der Waals surface area contributed by atoms with E-state index in [1.54, 1.807) is 30.2 Å². The van der Waals surface area contributed by atoms with Crippen molar-refractivity contribution in [2.45, 2.75) is 6.42 Å². The van der Waals surface area contributed by atoms with Crippen molar-refractivity contribution >= 4 is 45.1 Å². The standard InChI is InChI=1S/C26H22N2O6/c1-31-23-12-18-17-4-2-3-5-20(17)34-22(18)13-19(23)27-26(30)15-10-25(29)28(14-15)16-6-7-21-24(11-16)33-9-8-32-21/h2-7,11-13,15H,8-10,14H2,1H3,(H,27,30)/t15-/m0/s1. The largest absolute Gasteiger partial charge is 0.495 e. The molecule has 0 saturated carbocycles. The Labute approximate surface area is 195 Å². The van der Waals surface area contributed by atoms with Crippen molar-refractivity contribution in [3.63, 3.8) is 0 Å². The van der Waals surface area contributed by atoms with E-state index in [-0.39, 0.29) is 24.8 Å². The number of carbonyl (C=O) groups is 2. The number of nitrogens with one attached hydrogen (secondary N) is 1. The fourth-order valence-electron chi connectivity index (χ4n) is 4.59. The zero-order valence-electron chi connectivity index (χ0n) is 18.5. The van der Waals surface area contributed by atoms with Gasteiger partial charge >= 0.3 is 0 Å². The van der Waals surface area contributed by atoms with Gasteiger partial charge in [0.2, 0.25) is 11.8 Å². The van der Waals surface area contributed by atoms with Crippen molar-refractivity contribution in [1.29, 1.82) is 0 Å². The van der Waals surface area contributed by atoms with Crippen LogP contribution in [0.1, 0.15) is 6.42 Å². The van der Waals surface area contributed by atoms with Crippen LogP contribution in [0, 0.1) is 5.92 Å². The first kappa shape index (κ1) is 20.4. The smallest absolute Gasteiger partial charge is 0.229 e. The van der Waals surface area contributed by atoms with Crippen LogP contribution < -0.4 is 24.4 Å². The summed E-state index contributed by atoms with van der Waals surface area (Å²) in [6.45, 7) is 1.24. The van der Waals surface area contributed by atoms with Crippen LogP contribution in [0.5, 0.6) is 17.2 Å². The molecule has 1 fully saturated rings. The summed E-state index contributed by atoms with van der Waals surface area (Å²) >= 11 is 0. The number of hydrogen-bond acceptors (Lipinski definition) is 6. The molecular weight excluding hydrogens is 436 g/mol. The predicted molar refractivity (Wildman–Crippen MR) is 127 cm³/mol. The first-order valence-electron chi connectivity index (χ1n) is 11.1. The molecule has 0 aliphatic carbocycles. The second-order valence-corrected chi connectivity index (χ2v) is 8.37. The number of anilines is 2. The minimum absolute atomic E-state index is 0.114. The Morgan fingerprint density at radius 1 is 1.00 bits per heavy atom. The van der Waals surface area contributed by atoms with E-state index >= 15 is 0 Å². The van der Waals surface area contributed by atoms with Gasteiger partial charge in [-0.3, -0.25) is 9.59 Å². The maximum absolute atomic E-state index is 13.1. The maximum atomic E-state index is 13.1. The number of para-hydroxylation sites is 1. The van der Waals surface area contributed by atoms with Gasteiger partial charge < -0.3 is 28.8 Å². The molecular formula is C26H22N2O6. The molecule has 0 unspecified atom stereocenters. The molecule has 3 heterocycles. The highest BCUT2D eigenvalue weighted by Gasteiger charge is 2.36. The van der Waals surface area contributed by atoms with Crippen LogP contribution >= 0.6 is 0 Å². The number of amides is 2. The van der Waals surface area contributed by atoms with Crippen LogP contribution in [0.15, 0.2) is 59.0 Å². The third kappa shape index (κ3) is 3.39. The molecule has 6 rings (SSSR count). The Hall–Kier alpha value is -4.20.